The van der Waals surface area contributed by atoms with Crippen molar-refractivity contribution in [1.82, 2.24) is 67.7 Å². The second kappa shape index (κ2) is 38.4. The molecule has 2 saturated heterocycles. The number of aliphatic carboxylic acids is 2. The molecule has 4 heterocycles. The number of nitrogens with one attached hydrogen (secondary N) is 11. The molecule has 0 saturated carbocycles. The molecule has 37 heteroatoms. The molecule has 4 aromatic rings. The number of phenols is 1. The molecule has 10 amide bonds. The minimum atomic E-state index is -5.08. The number of likely N-dealkylation sites (tertiary alicyclic amines) is 1. The Bertz CT molecular complexity index is 3520. The number of phenolic OH excluding ortho intramolecular Hbond substituents is 1. The maximum atomic E-state index is 14.6. The van der Waals surface area contributed by atoms with Gasteiger partial charge in [0.25, 0.3) is 5.91 Å². The first-order valence-electron chi connectivity index (χ1n) is 31.5. The summed E-state index contributed by atoms with van der Waals surface area (Å²) in [6.07, 6.45) is -4.13. The summed E-state index contributed by atoms with van der Waals surface area (Å²) in [7, 11) is 0. The lowest BCUT2D eigenvalue weighted by atomic mass is 9.98. The minimum absolute atomic E-state index is 0.0609. The number of fused-ring (bicyclic) bond motifs is 1. The number of carboxylic acid groups (broad SMARTS) is 2. The van der Waals surface area contributed by atoms with Gasteiger partial charge in [0.15, 0.2) is 5.96 Å². The smallest absolute Gasteiger partial charge is 0.490 e. The number of aromatic amines is 2. The number of hydrogen-bond donors (Lipinski definition) is 16. The fraction of sp³-hybridized carbons (Fsp3) is 0.492. The van der Waals surface area contributed by atoms with Crippen molar-refractivity contribution >= 4 is 87.9 Å². The van der Waals surface area contributed by atoms with E-state index >= 15 is 0 Å². The van der Waals surface area contributed by atoms with E-state index in [0.29, 0.717) is 36.2 Å². The van der Waals surface area contributed by atoms with E-state index in [-0.39, 0.29) is 106 Å². The molecule has 2 aliphatic rings. The van der Waals surface area contributed by atoms with Crippen LogP contribution in [-0.2, 0) is 76.8 Å². The SMILES string of the molecule is C=C(NC(=O)[C@H](Cc1c[nH]c2ccccc12)NC(=O)[C@H](Cc1cnc[nH]1)NC(=O)[C@@H]1CCC(=O)N1)C(=O)N[C@@H](Cc1ccc(O)cc1)C(=O)N[C@H](CC(C)C)C(=O)N[C@@H](CC(C)C)C(=O)N[C@@H](CCCN=C(N)N)C(=O)N1CCC[C@H]1C(=O)NCC.O=C(O)C(F)(F)F.O=C(O)C(F)(F)F. The summed E-state index contributed by atoms with van der Waals surface area (Å²) in [5.74, 6) is -12.8. The van der Waals surface area contributed by atoms with Crippen LogP contribution in [0.5, 0.6) is 5.75 Å². The number of carbonyl (C=O) groups excluding carboxylic acids is 10. The summed E-state index contributed by atoms with van der Waals surface area (Å²) in [6, 6.07) is 3.66. The Labute approximate surface area is 569 Å². The van der Waals surface area contributed by atoms with Crippen molar-refractivity contribution in [2.45, 2.75) is 166 Å². The van der Waals surface area contributed by atoms with Crippen molar-refractivity contribution in [1.29, 1.82) is 0 Å². The third-order valence-corrected chi connectivity index (χ3v) is 15.1. The lowest BCUT2D eigenvalue weighted by Crippen LogP contribution is -2.60. The van der Waals surface area contributed by atoms with Crippen molar-refractivity contribution in [2.24, 2.45) is 28.3 Å². The summed E-state index contributed by atoms with van der Waals surface area (Å²) in [5, 5.41) is 49.4. The highest BCUT2D eigenvalue weighted by atomic mass is 19.4. The van der Waals surface area contributed by atoms with Gasteiger partial charge in [0.1, 0.15) is 54.1 Å². The Morgan fingerprint density at radius 3 is 1.76 bits per heavy atom. The van der Waals surface area contributed by atoms with Crippen molar-refractivity contribution < 1.29 is 99.2 Å². The van der Waals surface area contributed by atoms with Gasteiger partial charge in [-0.3, -0.25) is 52.9 Å². The maximum absolute atomic E-state index is 14.6. The molecule has 18 N–H and O–H groups in total. The largest absolute Gasteiger partial charge is 0.508 e. The number of carbonyl (C=O) groups is 12. The molecule has 0 unspecified atom stereocenters. The van der Waals surface area contributed by atoms with Gasteiger partial charge in [-0.25, -0.2) is 14.6 Å². The number of H-pyrrole nitrogens is 2. The number of para-hydroxylation sites is 1. The number of guanidine groups is 1. The van der Waals surface area contributed by atoms with E-state index in [1.807, 2.05) is 45.9 Å². The number of likely N-dealkylation sites (N-methyl/N-ethyl adjacent to an activating group) is 1. The zero-order chi connectivity index (χ0) is 74.8. The molecule has 2 fully saturated rings. The van der Waals surface area contributed by atoms with Gasteiger partial charge in [0, 0.05) is 74.3 Å². The molecule has 548 valence electrons. The normalized spacial score (nSPS) is 16.0. The van der Waals surface area contributed by atoms with Gasteiger partial charge < -0.3 is 89.5 Å². The Morgan fingerprint density at radius 1 is 0.700 bits per heavy atom. The zero-order valence-electron chi connectivity index (χ0n) is 55.2. The van der Waals surface area contributed by atoms with Crippen LogP contribution in [0.2, 0.25) is 0 Å². The van der Waals surface area contributed by atoms with Gasteiger partial charge in [0.2, 0.25) is 53.2 Å². The average Bonchev–Trinajstić information content (AvgIpc) is 1.64. The third-order valence-electron chi connectivity index (χ3n) is 15.1. The molecule has 8 atom stereocenters. The van der Waals surface area contributed by atoms with Crippen LogP contribution < -0.4 is 59.3 Å². The monoisotopic (exact) mass is 1420 g/mol. The lowest BCUT2D eigenvalue weighted by Gasteiger charge is -2.30. The number of nitrogens with two attached hydrogens (primary N) is 2. The second-order valence-electron chi connectivity index (χ2n) is 24.1. The molecule has 2 aromatic carbocycles. The number of nitrogens with zero attached hydrogens (tertiary/aromatic N) is 3. The van der Waals surface area contributed by atoms with Crippen LogP contribution in [0, 0.1) is 11.8 Å². The van der Waals surface area contributed by atoms with Gasteiger partial charge in [0.05, 0.1) is 12.0 Å². The molecule has 2 aromatic heterocycles. The number of amides is 10. The number of carboxylic acids is 2. The number of aliphatic imine (C=N–C) groups is 1. The topological polar surface area (TPSA) is 486 Å². The van der Waals surface area contributed by atoms with Crippen molar-refractivity contribution in [3.8, 4) is 5.75 Å². The van der Waals surface area contributed by atoms with E-state index in [1.165, 1.54) is 41.7 Å². The number of alkyl halides is 6. The van der Waals surface area contributed by atoms with E-state index < -0.39 is 126 Å². The van der Waals surface area contributed by atoms with Crippen molar-refractivity contribution in [3.05, 3.63) is 96.3 Å². The second-order valence-corrected chi connectivity index (χ2v) is 24.1. The fourth-order valence-corrected chi connectivity index (χ4v) is 10.3. The molecule has 31 nitrogen and oxygen atoms in total. The van der Waals surface area contributed by atoms with Gasteiger partial charge in [-0.15, -0.1) is 0 Å². The fourth-order valence-electron chi connectivity index (χ4n) is 10.3. The van der Waals surface area contributed by atoms with Crippen LogP contribution in [-0.4, -0.2) is 192 Å². The van der Waals surface area contributed by atoms with Crippen molar-refractivity contribution in [3.63, 3.8) is 0 Å². The first-order chi connectivity index (χ1) is 46.9. The van der Waals surface area contributed by atoms with E-state index in [9.17, 15) is 79.4 Å². The molecule has 6 rings (SSSR count). The molecule has 0 spiro atoms. The summed E-state index contributed by atoms with van der Waals surface area (Å²) in [4.78, 5) is 173. The van der Waals surface area contributed by atoms with Gasteiger partial charge in [-0.05, 0) is 93.0 Å². The van der Waals surface area contributed by atoms with E-state index in [1.54, 1.807) is 19.2 Å². The van der Waals surface area contributed by atoms with Gasteiger partial charge >= 0.3 is 24.3 Å². The molecule has 0 aliphatic carbocycles. The lowest BCUT2D eigenvalue weighted by molar-refractivity contribution is -0.193. The third kappa shape index (κ3) is 26.9. The summed E-state index contributed by atoms with van der Waals surface area (Å²) in [5.41, 5.74) is 12.9. The highest BCUT2D eigenvalue weighted by Gasteiger charge is 2.41. The Hall–Kier alpha value is -10.8. The molecular formula is C63H84F6N16O15. The number of aromatic nitrogens is 3. The van der Waals surface area contributed by atoms with E-state index in [0.717, 1.165) is 10.9 Å². The molecule has 2 aliphatic heterocycles. The van der Waals surface area contributed by atoms with E-state index in [2.05, 4.69) is 74.4 Å². The quantitative estimate of drug-likeness (QED) is 0.0110. The predicted octanol–water partition coefficient (Wildman–Crippen LogP) is 0.981. The summed E-state index contributed by atoms with van der Waals surface area (Å²) < 4.78 is 63.5. The highest BCUT2D eigenvalue weighted by molar-refractivity contribution is 6.03. The standard InChI is InChI=1S/C59H82N16O11.2C2HF3O2/c1-7-63-57(85)48-15-11-23-75(48)58(86)42(14-10-22-64-59(60)61)69-53(81)43(24-32(2)3)71-54(82)44(25-33(4)5)72-55(83)45(26-35-16-18-38(76)19-17-35)70-50(78)34(6)67-52(80)46(27-36-29-65-40-13-9-8-12-39(36)40)73-56(84)47(28-37-30-62-31-66-37)74-51(79)41-20-21-49(77)68-41;2*3-2(4,5)1(6)7/h8-9,12-13,16-19,29-33,41-48,65,76H,6-7,10-11,14-15,20-28H2,1-5H3,(H,62,66)(H,63,85)(H,67,80)(H,68,77)(H,69,81)(H,70,78)(H,71,82)(H,72,83)(H,73,84)(H,74,79)(H4,60,61,64);2*(H,6,7)/t41-,42-,43-,44+,45-,46-,47-,48-;;/m0../s1. The van der Waals surface area contributed by atoms with Crippen LogP contribution >= 0.6 is 0 Å². The molecule has 0 radical (unpaired) electrons. The number of rotatable bonds is 31. The molecule has 0 bridgehead atoms. The van der Waals surface area contributed by atoms with E-state index in [4.69, 9.17) is 31.3 Å². The highest BCUT2D eigenvalue weighted by Crippen LogP contribution is 2.23. The van der Waals surface area contributed by atoms with Crippen LogP contribution in [0.1, 0.15) is 103 Å². The number of aromatic hydroxyl groups is 1. The van der Waals surface area contributed by atoms with Crippen LogP contribution in [0.4, 0.5) is 26.3 Å². The van der Waals surface area contributed by atoms with Crippen LogP contribution in [0.25, 0.3) is 10.9 Å². The first kappa shape index (κ1) is 81.6. The summed E-state index contributed by atoms with van der Waals surface area (Å²) >= 11 is 0. The van der Waals surface area contributed by atoms with Crippen molar-refractivity contribution in [2.75, 3.05) is 19.6 Å². The Balaban J connectivity index is 0.00000137. The first-order valence-corrected chi connectivity index (χ1v) is 31.5. The van der Waals surface area contributed by atoms with Gasteiger partial charge in [-0.2, -0.15) is 26.3 Å². The number of benzene rings is 2. The number of halogens is 6. The van der Waals surface area contributed by atoms with Crippen LogP contribution in [0.15, 0.2) is 84.5 Å². The molecular weight excluding hydrogens is 1330 g/mol. The zero-order valence-corrected chi connectivity index (χ0v) is 55.2. The number of hydrogen-bond acceptors (Lipinski definition) is 15. The molecule has 100 heavy (non-hydrogen) atoms. The Morgan fingerprint density at radius 2 is 1.24 bits per heavy atom. The predicted molar refractivity (Wildman–Crippen MR) is 346 cm³/mol. The number of imidazole rings is 1. The van der Waals surface area contributed by atoms with Gasteiger partial charge in [-0.1, -0.05) is 64.6 Å². The maximum Gasteiger partial charge on any atom is 0.490 e. The minimum Gasteiger partial charge on any atom is -0.508 e. The average molecular weight is 1420 g/mol. The van der Waals surface area contributed by atoms with Crippen LogP contribution in [0.3, 0.4) is 0 Å². The summed E-state index contributed by atoms with van der Waals surface area (Å²) in [6.45, 7) is 13.7. The Kier molecular flexibility index (Phi) is 31.3.